The molecule has 4 nitrogen and oxygen atoms in total. The number of para-hydroxylation sites is 2. The third-order valence-electron chi connectivity index (χ3n) is 6.83. The van der Waals surface area contributed by atoms with Crippen LogP contribution in [0.5, 0.6) is 11.5 Å². The van der Waals surface area contributed by atoms with Crippen LogP contribution >= 0.6 is 22.7 Å². The van der Waals surface area contributed by atoms with Crippen LogP contribution in [0.4, 0.5) is 0 Å². The van der Waals surface area contributed by atoms with Crippen molar-refractivity contribution in [1.29, 1.82) is 0 Å². The van der Waals surface area contributed by atoms with Crippen molar-refractivity contribution in [3.8, 4) is 32.6 Å². The SMILES string of the molecule is Oc1ccccc1-c1nc2ccc3ccccc3c2s1.Oc1ccccc1-c1nc2ccc3ccccc3c2s1.[Zn]. The summed E-state index contributed by atoms with van der Waals surface area (Å²) in [5.74, 6) is 0.548. The minimum absolute atomic E-state index is 0. The number of thiazole rings is 2. The standard InChI is InChI=1S/2C17H11NOS.Zn/c2*19-15-8-4-3-7-13(15)17-18-14-10-9-11-5-1-2-6-12(11)16(14)20-17;/h2*1-10,19H;. The normalized spacial score (nSPS) is 10.9. The number of rotatable bonds is 2. The van der Waals surface area contributed by atoms with Crippen LogP contribution in [-0.2, 0) is 19.5 Å². The van der Waals surface area contributed by atoms with E-state index in [1.54, 1.807) is 34.8 Å². The number of aromatic hydroxyl groups is 2. The molecule has 8 rings (SSSR count). The fourth-order valence-electron chi connectivity index (χ4n) is 4.85. The van der Waals surface area contributed by atoms with Crippen molar-refractivity contribution < 1.29 is 29.7 Å². The van der Waals surface area contributed by atoms with Gasteiger partial charge in [0, 0.05) is 30.3 Å². The molecular formula is C34H22N2O2S2Zn. The van der Waals surface area contributed by atoms with E-state index in [2.05, 4.69) is 46.4 Å². The smallest absolute Gasteiger partial charge is 0.128 e. The minimum Gasteiger partial charge on any atom is -0.507 e. The third-order valence-corrected chi connectivity index (χ3v) is 9.10. The molecule has 0 unspecified atom stereocenters. The second-order valence-corrected chi connectivity index (χ2v) is 11.3. The van der Waals surface area contributed by atoms with E-state index in [9.17, 15) is 10.2 Å². The van der Waals surface area contributed by atoms with Crippen LogP contribution < -0.4 is 0 Å². The largest absolute Gasteiger partial charge is 0.507 e. The van der Waals surface area contributed by atoms with E-state index in [1.807, 2.05) is 72.8 Å². The van der Waals surface area contributed by atoms with Crippen molar-refractivity contribution in [2.24, 2.45) is 0 Å². The van der Waals surface area contributed by atoms with Gasteiger partial charge in [0.15, 0.2) is 0 Å². The van der Waals surface area contributed by atoms with Crippen LogP contribution in [0.2, 0.25) is 0 Å². The maximum atomic E-state index is 9.97. The summed E-state index contributed by atoms with van der Waals surface area (Å²) < 4.78 is 2.34. The first-order valence-electron chi connectivity index (χ1n) is 12.8. The van der Waals surface area contributed by atoms with Crippen LogP contribution in [0.1, 0.15) is 0 Å². The van der Waals surface area contributed by atoms with E-state index >= 15 is 0 Å². The molecule has 0 amide bonds. The average Bonchev–Trinajstić information content (AvgIpc) is 3.63. The van der Waals surface area contributed by atoms with Gasteiger partial charge in [-0.05, 0) is 47.2 Å². The molecule has 8 aromatic rings. The predicted octanol–water partition coefficient (Wildman–Crippen LogP) is 9.64. The Labute approximate surface area is 257 Å². The number of phenols is 2. The van der Waals surface area contributed by atoms with Crippen LogP contribution in [0.15, 0.2) is 121 Å². The van der Waals surface area contributed by atoms with E-state index in [4.69, 9.17) is 0 Å². The first-order valence-corrected chi connectivity index (χ1v) is 14.4. The molecule has 2 aromatic heterocycles. The molecule has 2 N–H and O–H groups in total. The van der Waals surface area contributed by atoms with E-state index < -0.39 is 0 Å². The number of phenolic OH excluding ortho intramolecular Hbond substituents is 2. The van der Waals surface area contributed by atoms with Crippen LogP contribution in [0.3, 0.4) is 0 Å². The van der Waals surface area contributed by atoms with Gasteiger partial charge in [-0.25, -0.2) is 9.97 Å². The molecule has 0 atom stereocenters. The Bertz CT molecular complexity index is 2020. The molecule has 6 aromatic carbocycles. The van der Waals surface area contributed by atoms with Gasteiger partial charge in [0.1, 0.15) is 21.5 Å². The molecule has 0 aliphatic carbocycles. The summed E-state index contributed by atoms with van der Waals surface area (Å²) in [7, 11) is 0. The Balaban J connectivity index is 0.000000144. The molecule has 0 spiro atoms. The molecule has 0 saturated heterocycles. The van der Waals surface area contributed by atoms with Gasteiger partial charge < -0.3 is 10.2 Å². The quantitative estimate of drug-likeness (QED) is 0.189. The Kier molecular flexibility index (Phi) is 7.50. The number of benzene rings is 6. The first-order chi connectivity index (χ1) is 19.7. The summed E-state index contributed by atoms with van der Waals surface area (Å²) in [5, 5.41) is 26.5. The molecule has 194 valence electrons. The Morgan fingerprint density at radius 2 is 0.829 bits per heavy atom. The number of fused-ring (bicyclic) bond motifs is 6. The molecule has 2 heterocycles. The van der Waals surface area contributed by atoms with Gasteiger partial charge >= 0.3 is 0 Å². The van der Waals surface area contributed by atoms with Gasteiger partial charge in [-0.3, -0.25) is 0 Å². The van der Waals surface area contributed by atoms with Crippen molar-refractivity contribution in [2.45, 2.75) is 0 Å². The van der Waals surface area contributed by atoms with E-state index in [-0.39, 0.29) is 31.0 Å². The molecule has 0 saturated carbocycles. The number of hydrogen-bond donors (Lipinski definition) is 2. The van der Waals surface area contributed by atoms with Crippen molar-refractivity contribution >= 4 is 64.7 Å². The van der Waals surface area contributed by atoms with Gasteiger partial charge in [0.2, 0.25) is 0 Å². The zero-order valence-corrected chi connectivity index (χ0v) is 26.5. The molecule has 0 aliphatic rings. The molecule has 7 heteroatoms. The monoisotopic (exact) mass is 618 g/mol. The zero-order valence-electron chi connectivity index (χ0n) is 21.9. The van der Waals surface area contributed by atoms with Crippen molar-refractivity contribution in [3.05, 3.63) is 121 Å². The number of aromatic nitrogens is 2. The van der Waals surface area contributed by atoms with Crippen molar-refractivity contribution in [2.75, 3.05) is 0 Å². The third kappa shape index (κ3) is 5.09. The Hall–Kier alpha value is -4.16. The summed E-state index contributed by atoms with van der Waals surface area (Å²) in [5.41, 5.74) is 3.54. The van der Waals surface area contributed by atoms with Gasteiger partial charge in [-0.15, -0.1) is 22.7 Å². The van der Waals surface area contributed by atoms with Gasteiger partial charge in [0.25, 0.3) is 0 Å². The van der Waals surface area contributed by atoms with Crippen molar-refractivity contribution in [3.63, 3.8) is 0 Å². The molecule has 0 aliphatic heterocycles. The topological polar surface area (TPSA) is 66.2 Å². The zero-order chi connectivity index (χ0) is 27.1. The van der Waals surface area contributed by atoms with Gasteiger partial charge in [-0.1, -0.05) is 84.9 Å². The van der Waals surface area contributed by atoms with E-state index in [0.29, 0.717) is 0 Å². The molecule has 0 fully saturated rings. The number of hydrogen-bond acceptors (Lipinski definition) is 6. The molecule has 0 bridgehead atoms. The fourth-order valence-corrected chi connectivity index (χ4v) is 7.12. The summed E-state index contributed by atoms with van der Waals surface area (Å²) in [6.07, 6.45) is 0. The van der Waals surface area contributed by atoms with Crippen molar-refractivity contribution in [1.82, 2.24) is 9.97 Å². The van der Waals surface area contributed by atoms with E-state index in [0.717, 1.165) is 32.2 Å². The van der Waals surface area contributed by atoms with Gasteiger partial charge in [0.05, 0.1) is 31.6 Å². The number of nitrogens with zero attached hydrogens (tertiary/aromatic N) is 2. The summed E-state index contributed by atoms with van der Waals surface area (Å²) in [4.78, 5) is 9.30. The Morgan fingerprint density at radius 1 is 0.439 bits per heavy atom. The fraction of sp³-hybridized carbons (Fsp3) is 0. The second-order valence-electron chi connectivity index (χ2n) is 9.34. The van der Waals surface area contributed by atoms with Crippen LogP contribution in [0, 0.1) is 0 Å². The maximum absolute atomic E-state index is 9.97. The maximum Gasteiger partial charge on any atom is 0.128 e. The average molecular weight is 620 g/mol. The predicted molar refractivity (Wildman–Crippen MR) is 168 cm³/mol. The molecular weight excluding hydrogens is 598 g/mol. The summed E-state index contributed by atoms with van der Waals surface area (Å²) in [6.45, 7) is 0. The summed E-state index contributed by atoms with van der Waals surface area (Å²) in [6, 6.07) is 39.5. The Morgan fingerprint density at radius 3 is 1.27 bits per heavy atom. The van der Waals surface area contributed by atoms with Crippen LogP contribution in [-0.4, -0.2) is 20.2 Å². The molecule has 0 radical (unpaired) electrons. The summed E-state index contributed by atoms with van der Waals surface area (Å²) >= 11 is 3.25. The first kappa shape index (κ1) is 27.0. The second kappa shape index (κ2) is 11.4. The van der Waals surface area contributed by atoms with Gasteiger partial charge in [-0.2, -0.15) is 0 Å². The molecule has 41 heavy (non-hydrogen) atoms. The van der Waals surface area contributed by atoms with E-state index in [1.165, 1.54) is 30.9 Å². The minimum atomic E-state index is 0. The van der Waals surface area contributed by atoms with Crippen LogP contribution in [0.25, 0.3) is 63.1 Å².